The first-order valence-electron chi connectivity index (χ1n) is 5.04. The SMILES string of the molecule is Cc1nc(C)c2c(n1)CCCC2(C)F. The van der Waals surface area contributed by atoms with Gasteiger partial charge in [0.25, 0.3) is 0 Å². The Morgan fingerprint density at radius 3 is 2.71 bits per heavy atom. The van der Waals surface area contributed by atoms with Crippen molar-refractivity contribution in [3.05, 3.63) is 22.8 Å². The summed E-state index contributed by atoms with van der Waals surface area (Å²) in [6, 6.07) is 0. The molecule has 1 atom stereocenters. The molecular weight excluding hydrogens is 179 g/mol. The summed E-state index contributed by atoms with van der Waals surface area (Å²) in [5.41, 5.74) is 1.21. The summed E-state index contributed by atoms with van der Waals surface area (Å²) in [6.45, 7) is 5.37. The van der Waals surface area contributed by atoms with E-state index in [1.165, 1.54) is 0 Å². The summed E-state index contributed by atoms with van der Waals surface area (Å²) in [7, 11) is 0. The molecule has 2 rings (SSSR count). The third-order valence-electron chi connectivity index (χ3n) is 2.86. The average Bonchev–Trinajstić information content (AvgIpc) is 2.00. The standard InChI is InChI=1S/C11H15FN2/c1-7-10-9(14-8(2)13-7)5-4-6-11(10,3)12/h4-6H2,1-3H3. The number of rotatable bonds is 0. The molecule has 3 heteroatoms. The number of hydrogen-bond acceptors (Lipinski definition) is 2. The van der Waals surface area contributed by atoms with Crippen LogP contribution in [0.2, 0.25) is 0 Å². The highest BCUT2D eigenvalue weighted by Gasteiger charge is 2.34. The van der Waals surface area contributed by atoms with E-state index in [1.807, 2.05) is 13.8 Å². The van der Waals surface area contributed by atoms with Gasteiger partial charge in [0.2, 0.25) is 0 Å². The summed E-state index contributed by atoms with van der Waals surface area (Å²) in [6.07, 6.45) is 2.36. The van der Waals surface area contributed by atoms with Gasteiger partial charge in [-0.3, -0.25) is 0 Å². The van der Waals surface area contributed by atoms with Crippen molar-refractivity contribution < 1.29 is 4.39 Å². The highest BCUT2D eigenvalue weighted by Crippen LogP contribution is 2.38. The molecule has 0 saturated carbocycles. The molecule has 1 aromatic rings. The van der Waals surface area contributed by atoms with Gasteiger partial charge in [-0.2, -0.15) is 0 Å². The van der Waals surface area contributed by atoms with Crippen molar-refractivity contribution in [2.45, 2.75) is 45.7 Å². The van der Waals surface area contributed by atoms with Gasteiger partial charge in [0.1, 0.15) is 11.5 Å². The number of aryl methyl sites for hydroxylation is 3. The molecule has 0 bridgehead atoms. The van der Waals surface area contributed by atoms with Gasteiger partial charge in [-0.15, -0.1) is 0 Å². The zero-order chi connectivity index (χ0) is 10.3. The van der Waals surface area contributed by atoms with Gasteiger partial charge in [-0.05, 0) is 40.0 Å². The lowest BCUT2D eigenvalue weighted by Crippen LogP contribution is -2.25. The second-order valence-electron chi connectivity index (χ2n) is 4.23. The molecule has 76 valence electrons. The van der Waals surface area contributed by atoms with E-state index in [0.29, 0.717) is 6.42 Å². The average molecular weight is 194 g/mol. The molecule has 1 aliphatic rings. The maximum Gasteiger partial charge on any atom is 0.136 e. The Morgan fingerprint density at radius 2 is 2.00 bits per heavy atom. The molecule has 0 radical (unpaired) electrons. The van der Waals surface area contributed by atoms with Crippen LogP contribution < -0.4 is 0 Å². The van der Waals surface area contributed by atoms with Gasteiger partial charge in [-0.25, -0.2) is 14.4 Å². The van der Waals surface area contributed by atoms with E-state index in [-0.39, 0.29) is 0 Å². The van der Waals surface area contributed by atoms with Crippen molar-refractivity contribution in [3.63, 3.8) is 0 Å². The molecule has 14 heavy (non-hydrogen) atoms. The molecule has 0 aromatic carbocycles. The zero-order valence-electron chi connectivity index (χ0n) is 8.89. The Hall–Kier alpha value is -0.990. The van der Waals surface area contributed by atoms with Crippen molar-refractivity contribution in [3.8, 4) is 0 Å². The van der Waals surface area contributed by atoms with Crippen LogP contribution in [0, 0.1) is 13.8 Å². The largest absolute Gasteiger partial charge is 0.239 e. The summed E-state index contributed by atoms with van der Waals surface area (Å²) in [5, 5.41) is 0. The minimum atomic E-state index is -1.23. The summed E-state index contributed by atoms with van der Waals surface area (Å²) in [5.74, 6) is 0.749. The van der Waals surface area contributed by atoms with Crippen LogP contribution in [0.3, 0.4) is 0 Å². The molecule has 2 nitrogen and oxygen atoms in total. The Balaban J connectivity index is 2.63. The third-order valence-corrected chi connectivity index (χ3v) is 2.86. The normalized spacial score (nSPS) is 26.0. The third kappa shape index (κ3) is 1.41. The van der Waals surface area contributed by atoms with Crippen LogP contribution >= 0.6 is 0 Å². The highest BCUT2D eigenvalue weighted by atomic mass is 19.1. The van der Waals surface area contributed by atoms with Gasteiger partial charge < -0.3 is 0 Å². The van der Waals surface area contributed by atoms with E-state index >= 15 is 0 Å². The number of nitrogens with zero attached hydrogens (tertiary/aromatic N) is 2. The Bertz CT molecular complexity index is 372. The summed E-state index contributed by atoms with van der Waals surface area (Å²) in [4.78, 5) is 8.55. The molecule has 0 amide bonds. The fourth-order valence-corrected chi connectivity index (χ4v) is 2.36. The fourth-order valence-electron chi connectivity index (χ4n) is 2.36. The second-order valence-corrected chi connectivity index (χ2v) is 4.23. The van der Waals surface area contributed by atoms with Crippen LogP contribution in [-0.4, -0.2) is 9.97 Å². The molecule has 0 aliphatic heterocycles. The molecule has 1 unspecified atom stereocenters. The highest BCUT2D eigenvalue weighted by molar-refractivity contribution is 5.33. The molecule has 0 saturated heterocycles. The van der Waals surface area contributed by atoms with E-state index < -0.39 is 5.67 Å². The predicted molar refractivity (Wildman–Crippen MR) is 52.9 cm³/mol. The first kappa shape index (κ1) is 9.56. The van der Waals surface area contributed by atoms with Gasteiger partial charge in [0.05, 0.1) is 5.69 Å². The Kier molecular flexibility index (Phi) is 2.05. The summed E-state index contributed by atoms with van der Waals surface area (Å²) < 4.78 is 14.2. The van der Waals surface area contributed by atoms with Gasteiger partial charge in [0.15, 0.2) is 0 Å². The molecule has 1 aliphatic carbocycles. The van der Waals surface area contributed by atoms with E-state index in [0.717, 1.165) is 35.6 Å². The smallest absolute Gasteiger partial charge is 0.136 e. The molecule has 0 N–H and O–H groups in total. The minimum absolute atomic E-state index is 0.591. The van der Waals surface area contributed by atoms with Crippen LogP contribution in [-0.2, 0) is 12.1 Å². The van der Waals surface area contributed by atoms with Crippen molar-refractivity contribution in [1.82, 2.24) is 9.97 Å². The van der Waals surface area contributed by atoms with Crippen LogP contribution in [0.15, 0.2) is 0 Å². The first-order chi connectivity index (χ1) is 6.50. The van der Waals surface area contributed by atoms with Crippen molar-refractivity contribution in [2.24, 2.45) is 0 Å². The summed E-state index contributed by atoms with van der Waals surface area (Å²) >= 11 is 0. The van der Waals surface area contributed by atoms with E-state index in [2.05, 4.69) is 9.97 Å². The lowest BCUT2D eigenvalue weighted by Gasteiger charge is -2.29. The maximum atomic E-state index is 14.2. The van der Waals surface area contributed by atoms with Crippen LogP contribution in [0.25, 0.3) is 0 Å². The predicted octanol–water partition coefficient (Wildman–Crippen LogP) is 2.61. The topological polar surface area (TPSA) is 25.8 Å². The number of aromatic nitrogens is 2. The number of halogens is 1. The minimum Gasteiger partial charge on any atom is -0.239 e. The number of fused-ring (bicyclic) bond motifs is 1. The Labute approximate surface area is 83.6 Å². The van der Waals surface area contributed by atoms with Crippen molar-refractivity contribution in [2.75, 3.05) is 0 Å². The van der Waals surface area contributed by atoms with Crippen molar-refractivity contribution >= 4 is 0 Å². The monoisotopic (exact) mass is 194 g/mol. The molecule has 0 spiro atoms. The van der Waals surface area contributed by atoms with Crippen LogP contribution in [0.5, 0.6) is 0 Å². The van der Waals surface area contributed by atoms with Crippen molar-refractivity contribution in [1.29, 1.82) is 0 Å². The van der Waals surface area contributed by atoms with Gasteiger partial charge in [0, 0.05) is 11.3 Å². The van der Waals surface area contributed by atoms with Crippen LogP contribution in [0.4, 0.5) is 4.39 Å². The number of hydrogen-bond donors (Lipinski definition) is 0. The first-order valence-corrected chi connectivity index (χ1v) is 5.04. The Morgan fingerprint density at radius 1 is 1.29 bits per heavy atom. The van der Waals surface area contributed by atoms with Crippen LogP contribution in [0.1, 0.15) is 42.5 Å². The van der Waals surface area contributed by atoms with E-state index in [9.17, 15) is 4.39 Å². The lowest BCUT2D eigenvalue weighted by atomic mass is 9.83. The van der Waals surface area contributed by atoms with E-state index in [4.69, 9.17) is 0 Å². The number of alkyl halides is 1. The molecule has 1 aromatic heterocycles. The molecule has 0 fully saturated rings. The van der Waals surface area contributed by atoms with Gasteiger partial charge >= 0.3 is 0 Å². The van der Waals surface area contributed by atoms with Gasteiger partial charge in [-0.1, -0.05) is 0 Å². The molecule has 1 heterocycles. The fraction of sp³-hybridized carbons (Fsp3) is 0.636. The zero-order valence-corrected chi connectivity index (χ0v) is 8.89. The van der Waals surface area contributed by atoms with E-state index in [1.54, 1.807) is 6.92 Å². The molecular formula is C11H15FN2. The quantitative estimate of drug-likeness (QED) is 0.634. The second kappa shape index (κ2) is 3.01. The maximum absolute atomic E-state index is 14.2. The lowest BCUT2D eigenvalue weighted by molar-refractivity contribution is 0.158.